The number of aliphatic hydroxyl groups excluding tert-OH is 1. The van der Waals surface area contributed by atoms with Gasteiger partial charge in [-0.1, -0.05) is 12.1 Å². The van der Waals surface area contributed by atoms with Crippen LogP contribution in [-0.2, 0) is 21.4 Å². The van der Waals surface area contributed by atoms with Crippen LogP contribution >= 0.6 is 0 Å². The predicted molar refractivity (Wildman–Crippen MR) is 79.4 cm³/mol. The number of primary amides is 1. The molecule has 1 atom stereocenters. The summed E-state index contributed by atoms with van der Waals surface area (Å²) >= 11 is 0. The number of ether oxygens (including phenoxy) is 1. The summed E-state index contributed by atoms with van der Waals surface area (Å²) in [6.07, 6.45) is 0.656. The van der Waals surface area contributed by atoms with Crippen LogP contribution in [0.5, 0.6) is 0 Å². The first kappa shape index (κ1) is 16.7. The Bertz CT molecular complexity index is 615. The van der Waals surface area contributed by atoms with E-state index in [1.807, 2.05) is 0 Å². The van der Waals surface area contributed by atoms with Crippen molar-refractivity contribution in [3.8, 4) is 0 Å². The minimum atomic E-state index is -3.58. The molecule has 1 heterocycles. The molecule has 22 heavy (non-hydrogen) atoms. The fraction of sp³-hybridized carbons (Fsp3) is 0.500. The fourth-order valence-corrected chi connectivity index (χ4v) is 4.05. The number of benzene rings is 1. The van der Waals surface area contributed by atoms with Gasteiger partial charge < -0.3 is 15.6 Å². The minimum Gasteiger partial charge on any atom is -0.449 e. The second-order valence-electron chi connectivity index (χ2n) is 5.30. The summed E-state index contributed by atoms with van der Waals surface area (Å²) in [5.74, 6) is -0.0484. The Kier molecular flexibility index (Phi) is 5.38. The van der Waals surface area contributed by atoms with Gasteiger partial charge >= 0.3 is 6.09 Å². The Morgan fingerprint density at radius 3 is 2.64 bits per heavy atom. The number of nitrogens with zero attached hydrogens (tertiary/aromatic N) is 1. The number of carbonyl (C=O) groups excluding carboxylic acids is 1. The third kappa shape index (κ3) is 3.96. The first-order valence-electron chi connectivity index (χ1n) is 7.05. The number of nitrogens with two attached hydrogens (primary N) is 1. The minimum absolute atomic E-state index is 0.0484. The maximum absolute atomic E-state index is 12.6. The topological polar surface area (TPSA) is 110 Å². The Hall–Kier alpha value is -1.64. The highest BCUT2D eigenvalue weighted by Crippen LogP contribution is 2.24. The van der Waals surface area contributed by atoms with E-state index in [0.717, 1.165) is 6.42 Å². The molecule has 1 amide bonds. The zero-order chi connectivity index (χ0) is 16.2. The molecule has 1 aliphatic heterocycles. The molecular weight excluding hydrogens is 308 g/mol. The summed E-state index contributed by atoms with van der Waals surface area (Å²) in [6, 6.07) is 6.16. The molecule has 7 nitrogen and oxygen atoms in total. The molecule has 1 aromatic carbocycles. The van der Waals surface area contributed by atoms with Crippen LogP contribution in [0.1, 0.15) is 18.4 Å². The van der Waals surface area contributed by atoms with E-state index >= 15 is 0 Å². The number of amides is 1. The van der Waals surface area contributed by atoms with Gasteiger partial charge in [0.2, 0.25) is 10.0 Å². The van der Waals surface area contributed by atoms with Crippen molar-refractivity contribution in [3.63, 3.8) is 0 Å². The zero-order valence-electron chi connectivity index (χ0n) is 12.1. The highest BCUT2D eigenvalue weighted by molar-refractivity contribution is 7.89. The van der Waals surface area contributed by atoms with Gasteiger partial charge in [-0.15, -0.1) is 0 Å². The standard InChI is InChI=1S/C14H20N2O5S/c15-14(18)21-10-12-2-1-7-16(8-12)22(19,20)13-5-3-11(9-17)4-6-13/h3-6,12,17H,1-2,7-10H2,(H2,15,18). The van der Waals surface area contributed by atoms with Crippen LogP contribution in [0.4, 0.5) is 4.79 Å². The van der Waals surface area contributed by atoms with Crippen molar-refractivity contribution in [3.05, 3.63) is 29.8 Å². The van der Waals surface area contributed by atoms with Gasteiger partial charge in [-0.05, 0) is 30.5 Å². The molecule has 1 aliphatic rings. The van der Waals surface area contributed by atoms with Crippen LogP contribution in [0.3, 0.4) is 0 Å². The van der Waals surface area contributed by atoms with E-state index in [4.69, 9.17) is 15.6 Å². The van der Waals surface area contributed by atoms with Gasteiger partial charge in [0.15, 0.2) is 0 Å². The number of aliphatic hydroxyl groups is 1. The number of carbonyl (C=O) groups is 1. The highest BCUT2D eigenvalue weighted by Gasteiger charge is 2.30. The molecular formula is C14H20N2O5S. The average Bonchev–Trinajstić information content (AvgIpc) is 2.53. The lowest BCUT2D eigenvalue weighted by molar-refractivity contribution is 0.116. The Morgan fingerprint density at radius 1 is 1.36 bits per heavy atom. The van der Waals surface area contributed by atoms with E-state index in [9.17, 15) is 13.2 Å². The maximum atomic E-state index is 12.6. The van der Waals surface area contributed by atoms with Gasteiger partial charge in [-0.25, -0.2) is 13.2 Å². The van der Waals surface area contributed by atoms with Crippen molar-refractivity contribution in [2.45, 2.75) is 24.3 Å². The van der Waals surface area contributed by atoms with Gasteiger partial charge in [0.05, 0.1) is 18.1 Å². The summed E-state index contributed by atoms with van der Waals surface area (Å²) in [7, 11) is -3.58. The normalized spacial score (nSPS) is 19.8. The van der Waals surface area contributed by atoms with E-state index in [0.29, 0.717) is 25.1 Å². The monoisotopic (exact) mass is 328 g/mol. The molecule has 1 unspecified atom stereocenters. The number of rotatable bonds is 5. The van der Waals surface area contributed by atoms with Gasteiger partial charge in [0.1, 0.15) is 0 Å². The average molecular weight is 328 g/mol. The van der Waals surface area contributed by atoms with E-state index in [-0.39, 0.29) is 24.0 Å². The molecule has 1 fully saturated rings. The summed E-state index contributed by atoms with van der Waals surface area (Å²) in [5, 5.41) is 9.01. The molecule has 0 saturated carbocycles. The molecule has 0 bridgehead atoms. The number of hydrogen-bond acceptors (Lipinski definition) is 5. The van der Waals surface area contributed by atoms with E-state index < -0.39 is 16.1 Å². The lowest BCUT2D eigenvalue weighted by Crippen LogP contribution is -2.41. The SMILES string of the molecule is NC(=O)OCC1CCCN(S(=O)(=O)c2ccc(CO)cc2)C1. The van der Waals surface area contributed by atoms with Crippen LogP contribution in [0.25, 0.3) is 0 Å². The highest BCUT2D eigenvalue weighted by atomic mass is 32.2. The molecule has 2 rings (SSSR count). The zero-order valence-corrected chi connectivity index (χ0v) is 13.0. The van der Waals surface area contributed by atoms with E-state index in [1.165, 1.54) is 16.4 Å². The van der Waals surface area contributed by atoms with Gasteiger partial charge in [-0.3, -0.25) is 0 Å². The van der Waals surface area contributed by atoms with E-state index in [2.05, 4.69) is 0 Å². The molecule has 0 spiro atoms. The summed E-state index contributed by atoms with van der Waals surface area (Å²) in [5.41, 5.74) is 5.59. The summed E-state index contributed by atoms with van der Waals surface area (Å²) in [6.45, 7) is 0.746. The van der Waals surface area contributed by atoms with Crippen molar-refractivity contribution in [1.82, 2.24) is 4.31 Å². The predicted octanol–water partition coefficient (Wildman–Crippen LogP) is 0.675. The van der Waals surface area contributed by atoms with Crippen molar-refractivity contribution >= 4 is 16.1 Å². The molecule has 0 radical (unpaired) electrons. The third-order valence-corrected chi connectivity index (χ3v) is 5.57. The Morgan fingerprint density at radius 2 is 2.05 bits per heavy atom. The van der Waals surface area contributed by atoms with Crippen LogP contribution in [0, 0.1) is 5.92 Å². The Labute approximate surface area is 129 Å². The third-order valence-electron chi connectivity index (χ3n) is 3.69. The van der Waals surface area contributed by atoms with E-state index in [1.54, 1.807) is 12.1 Å². The van der Waals surface area contributed by atoms with Crippen molar-refractivity contribution in [1.29, 1.82) is 0 Å². The number of piperidine rings is 1. The second-order valence-corrected chi connectivity index (χ2v) is 7.24. The number of sulfonamides is 1. The lowest BCUT2D eigenvalue weighted by atomic mass is 10.0. The van der Waals surface area contributed by atoms with Gasteiger partial charge in [-0.2, -0.15) is 4.31 Å². The van der Waals surface area contributed by atoms with Gasteiger partial charge in [0, 0.05) is 19.0 Å². The van der Waals surface area contributed by atoms with Crippen molar-refractivity contribution < 1.29 is 23.1 Å². The molecule has 0 aromatic heterocycles. The van der Waals surface area contributed by atoms with Crippen molar-refractivity contribution in [2.24, 2.45) is 11.7 Å². The quantitative estimate of drug-likeness (QED) is 0.825. The second kappa shape index (κ2) is 7.08. The largest absolute Gasteiger partial charge is 0.449 e. The maximum Gasteiger partial charge on any atom is 0.404 e. The first-order chi connectivity index (χ1) is 10.4. The van der Waals surface area contributed by atoms with Crippen LogP contribution < -0.4 is 5.73 Å². The van der Waals surface area contributed by atoms with Gasteiger partial charge in [0.25, 0.3) is 0 Å². The lowest BCUT2D eigenvalue weighted by Gasteiger charge is -2.31. The van der Waals surface area contributed by atoms with Crippen LogP contribution in [0.15, 0.2) is 29.2 Å². The number of hydrogen-bond donors (Lipinski definition) is 2. The summed E-state index contributed by atoms with van der Waals surface area (Å²) < 4.78 is 31.4. The molecule has 1 aromatic rings. The van der Waals surface area contributed by atoms with Crippen LogP contribution in [-0.4, -0.2) is 43.6 Å². The Balaban J connectivity index is 2.09. The summed E-state index contributed by atoms with van der Waals surface area (Å²) in [4.78, 5) is 10.8. The molecule has 8 heteroatoms. The van der Waals surface area contributed by atoms with Crippen molar-refractivity contribution in [2.75, 3.05) is 19.7 Å². The molecule has 3 N–H and O–H groups in total. The smallest absolute Gasteiger partial charge is 0.404 e. The first-order valence-corrected chi connectivity index (χ1v) is 8.49. The molecule has 122 valence electrons. The van der Waals surface area contributed by atoms with Crippen LogP contribution in [0.2, 0.25) is 0 Å². The molecule has 0 aliphatic carbocycles. The fourth-order valence-electron chi connectivity index (χ4n) is 2.50. The molecule has 1 saturated heterocycles.